The number of nitrogens with one attached hydrogen (secondary N) is 2. The van der Waals surface area contributed by atoms with Gasteiger partial charge >= 0.3 is 0 Å². The van der Waals surface area contributed by atoms with E-state index in [-0.39, 0.29) is 24.1 Å². The Balaban J connectivity index is 2.27. The van der Waals surface area contributed by atoms with Crippen molar-refractivity contribution in [3.05, 3.63) is 24.2 Å². The van der Waals surface area contributed by atoms with E-state index in [4.69, 9.17) is 4.42 Å². The predicted octanol–water partition coefficient (Wildman–Crippen LogP) is 0.767. The Bertz CT molecular complexity index is 396. The zero-order chi connectivity index (χ0) is 12.7. The van der Waals surface area contributed by atoms with Crippen LogP contribution >= 0.6 is 0 Å². The van der Waals surface area contributed by atoms with Crippen LogP contribution in [0.15, 0.2) is 27.9 Å². The number of furan rings is 1. The maximum atomic E-state index is 11.4. The molecule has 6 heteroatoms. The third kappa shape index (κ3) is 4.96. The standard InChI is InChI=1S/C11H15N3O3/c1-8(2)6-13-14-10(15)7-12-11(16)9-4-3-5-17-9/h3-6,8H,7H2,1-2H3,(H,12,16)(H,14,15)/b13-6-. The summed E-state index contributed by atoms with van der Waals surface area (Å²) >= 11 is 0. The Morgan fingerprint density at radius 1 is 1.53 bits per heavy atom. The molecule has 1 rings (SSSR count). The normalized spacial score (nSPS) is 10.8. The van der Waals surface area contributed by atoms with Gasteiger partial charge in [0.25, 0.3) is 11.8 Å². The van der Waals surface area contributed by atoms with E-state index in [9.17, 15) is 9.59 Å². The van der Waals surface area contributed by atoms with Crippen LogP contribution in [0.3, 0.4) is 0 Å². The monoisotopic (exact) mass is 237 g/mol. The van der Waals surface area contributed by atoms with Crippen molar-refractivity contribution in [1.29, 1.82) is 0 Å². The van der Waals surface area contributed by atoms with E-state index in [0.717, 1.165) is 0 Å². The fraction of sp³-hybridized carbons (Fsp3) is 0.364. The van der Waals surface area contributed by atoms with E-state index in [1.807, 2.05) is 13.8 Å². The summed E-state index contributed by atoms with van der Waals surface area (Å²) in [7, 11) is 0. The lowest BCUT2D eigenvalue weighted by Crippen LogP contribution is -2.34. The predicted molar refractivity (Wildman–Crippen MR) is 62.5 cm³/mol. The van der Waals surface area contributed by atoms with E-state index in [1.165, 1.54) is 12.3 Å². The third-order valence-electron chi connectivity index (χ3n) is 1.72. The van der Waals surface area contributed by atoms with Gasteiger partial charge in [-0.15, -0.1) is 0 Å². The fourth-order valence-corrected chi connectivity index (χ4v) is 0.953. The third-order valence-corrected chi connectivity index (χ3v) is 1.72. The van der Waals surface area contributed by atoms with Crippen molar-refractivity contribution in [2.24, 2.45) is 11.0 Å². The van der Waals surface area contributed by atoms with Crippen molar-refractivity contribution in [2.75, 3.05) is 6.54 Å². The lowest BCUT2D eigenvalue weighted by molar-refractivity contribution is -0.120. The van der Waals surface area contributed by atoms with Crippen LogP contribution in [0, 0.1) is 5.92 Å². The highest BCUT2D eigenvalue weighted by atomic mass is 16.3. The largest absolute Gasteiger partial charge is 0.459 e. The number of hydrazone groups is 1. The molecule has 0 spiro atoms. The van der Waals surface area contributed by atoms with Gasteiger partial charge in [0.15, 0.2) is 5.76 Å². The Morgan fingerprint density at radius 2 is 2.29 bits per heavy atom. The zero-order valence-corrected chi connectivity index (χ0v) is 9.77. The lowest BCUT2D eigenvalue weighted by atomic mass is 10.3. The molecule has 0 atom stereocenters. The molecule has 2 N–H and O–H groups in total. The zero-order valence-electron chi connectivity index (χ0n) is 9.77. The highest BCUT2D eigenvalue weighted by molar-refractivity contribution is 5.94. The van der Waals surface area contributed by atoms with Crippen LogP contribution in [0.1, 0.15) is 24.4 Å². The minimum atomic E-state index is -0.432. The quantitative estimate of drug-likeness (QED) is 0.586. The van der Waals surface area contributed by atoms with Gasteiger partial charge in [-0.1, -0.05) is 13.8 Å². The van der Waals surface area contributed by atoms with Gasteiger partial charge in [-0.3, -0.25) is 9.59 Å². The molecule has 0 saturated heterocycles. The summed E-state index contributed by atoms with van der Waals surface area (Å²) in [5.74, 6) is -0.392. The van der Waals surface area contributed by atoms with Crippen LogP contribution in [-0.2, 0) is 4.79 Å². The number of nitrogens with zero attached hydrogens (tertiary/aromatic N) is 1. The molecule has 0 aliphatic carbocycles. The molecular formula is C11H15N3O3. The van der Waals surface area contributed by atoms with Gasteiger partial charge in [0, 0.05) is 6.21 Å². The number of amides is 2. The summed E-state index contributed by atoms with van der Waals surface area (Å²) in [6.07, 6.45) is 2.99. The first-order valence-electron chi connectivity index (χ1n) is 5.23. The van der Waals surface area contributed by atoms with Crippen molar-refractivity contribution in [2.45, 2.75) is 13.8 Å². The minimum absolute atomic E-state index is 0.144. The first-order chi connectivity index (χ1) is 8.09. The summed E-state index contributed by atoms with van der Waals surface area (Å²) < 4.78 is 4.87. The van der Waals surface area contributed by atoms with Gasteiger partial charge in [-0.2, -0.15) is 5.10 Å². The first-order valence-corrected chi connectivity index (χ1v) is 5.23. The minimum Gasteiger partial charge on any atom is -0.459 e. The van der Waals surface area contributed by atoms with E-state index < -0.39 is 5.91 Å². The SMILES string of the molecule is CC(C)/C=N\NC(=O)CNC(=O)c1ccco1. The van der Waals surface area contributed by atoms with Gasteiger partial charge in [-0.25, -0.2) is 5.43 Å². The second-order valence-corrected chi connectivity index (χ2v) is 3.72. The number of carbonyl (C=O) groups is 2. The molecule has 1 heterocycles. The van der Waals surface area contributed by atoms with Crippen molar-refractivity contribution in [3.8, 4) is 0 Å². The Labute approximate surface area is 99.1 Å². The van der Waals surface area contributed by atoms with Crippen LogP contribution in [-0.4, -0.2) is 24.6 Å². The van der Waals surface area contributed by atoms with Crippen molar-refractivity contribution in [1.82, 2.24) is 10.7 Å². The van der Waals surface area contributed by atoms with Gasteiger partial charge < -0.3 is 9.73 Å². The molecule has 0 aliphatic rings. The summed E-state index contributed by atoms with van der Waals surface area (Å²) in [6.45, 7) is 3.73. The molecule has 0 unspecified atom stereocenters. The molecular weight excluding hydrogens is 222 g/mol. The maximum Gasteiger partial charge on any atom is 0.287 e. The number of rotatable bonds is 5. The van der Waals surface area contributed by atoms with Crippen LogP contribution in [0.4, 0.5) is 0 Å². The molecule has 17 heavy (non-hydrogen) atoms. The molecule has 1 aromatic rings. The molecule has 92 valence electrons. The Hall–Kier alpha value is -2.11. The fourth-order valence-electron chi connectivity index (χ4n) is 0.953. The van der Waals surface area contributed by atoms with E-state index in [0.29, 0.717) is 0 Å². The average molecular weight is 237 g/mol. The van der Waals surface area contributed by atoms with E-state index in [2.05, 4.69) is 15.8 Å². The second-order valence-electron chi connectivity index (χ2n) is 3.72. The number of hydrogen-bond donors (Lipinski definition) is 2. The topological polar surface area (TPSA) is 83.7 Å². The number of carbonyl (C=O) groups excluding carboxylic acids is 2. The summed E-state index contributed by atoms with van der Waals surface area (Å²) in [5, 5.41) is 6.12. The summed E-state index contributed by atoms with van der Waals surface area (Å²) in [6, 6.07) is 3.12. The van der Waals surface area contributed by atoms with Gasteiger partial charge in [0.1, 0.15) is 0 Å². The molecule has 0 radical (unpaired) electrons. The molecule has 0 fully saturated rings. The highest BCUT2D eigenvalue weighted by Crippen LogP contribution is 1.98. The average Bonchev–Trinajstić information content (AvgIpc) is 2.78. The highest BCUT2D eigenvalue weighted by Gasteiger charge is 2.09. The van der Waals surface area contributed by atoms with Crippen LogP contribution < -0.4 is 10.7 Å². The molecule has 1 aromatic heterocycles. The molecule has 0 bridgehead atoms. The van der Waals surface area contributed by atoms with E-state index in [1.54, 1.807) is 12.3 Å². The van der Waals surface area contributed by atoms with E-state index >= 15 is 0 Å². The van der Waals surface area contributed by atoms with Gasteiger partial charge in [0.2, 0.25) is 0 Å². The Kier molecular flexibility index (Phi) is 4.93. The van der Waals surface area contributed by atoms with Crippen LogP contribution in [0.5, 0.6) is 0 Å². The van der Waals surface area contributed by atoms with Crippen LogP contribution in [0.2, 0.25) is 0 Å². The Morgan fingerprint density at radius 3 is 2.88 bits per heavy atom. The van der Waals surface area contributed by atoms with Crippen LogP contribution in [0.25, 0.3) is 0 Å². The molecule has 6 nitrogen and oxygen atoms in total. The summed E-state index contributed by atoms with van der Waals surface area (Å²) in [5.41, 5.74) is 2.30. The van der Waals surface area contributed by atoms with Crippen molar-refractivity contribution >= 4 is 18.0 Å². The summed E-state index contributed by atoms with van der Waals surface area (Å²) in [4.78, 5) is 22.6. The molecule has 2 amide bonds. The second kappa shape index (κ2) is 6.47. The molecule has 0 saturated carbocycles. The number of hydrogen-bond acceptors (Lipinski definition) is 4. The molecule has 0 aliphatic heterocycles. The smallest absolute Gasteiger partial charge is 0.287 e. The first kappa shape index (κ1) is 13.0. The van der Waals surface area contributed by atoms with Gasteiger partial charge in [0.05, 0.1) is 12.8 Å². The molecule has 0 aromatic carbocycles. The maximum absolute atomic E-state index is 11.4. The van der Waals surface area contributed by atoms with Crippen molar-refractivity contribution in [3.63, 3.8) is 0 Å². The van der Waals surface area contributed by atoms with Gasteiger partial charge in [-0.05, 0) is 18.1 Å². The lowest BCUT2D eigenvalue weighted by Gasteiger charge is -2.02. The van der Waals surface area contributed by atoms with Crippen molar-refractivity contribution < 1.29 is 14.0 Å².